The van der Waals surface area contributed by atoms with Gasteiger partial charge in [-0.2, -0.15) is 0 Å². The van der Waals surface area contributed by atoms with Crippen molar-refractivity contribution in [3.63, 3.8) is 0 Å². The third kappa shape index (κ3) is 9.02. The second-order valence-electron chi connectivity index (χ2n) is 8.91. The van der Waals surface area contributed by atoms with E-state index in [1.807, 2.05) is 19.1 Å². The SMILES string of the molecule is CCCCCCCCC=CCCCCCCC(C(=O)O)c1ccc2c(C)cc(=O)oc2c1. The number of hydrogen-bond acceptors (Lipinski definition) is 3. The van der Waals surface area contributed by atoms with Crippen molar-refractivity contribution in [3.05, 3.63) is 58.0 Å². The molecule has 176 valence electrons. The van der Waals surface area contributed by atoms with E-state index < -0.39 is 17.5 Å². The van der Waals surface area contributed by atoms with Crippen LogP contribution in [0.2, 0.25) is 0 Å². The highest BCUT2D eigenvalue weighted by molar-refractivity contribution is 5.83. The number of hydrogen-bond donors (Lipinski definition) is 1. The van der Waals surface area contributed by atoms with Crippen LogP contribution in [-0.4, -0.2) is 11.1 Å². The van der Waals surface area contributed by atoms with Crippen molar-refractivity contribution in [2.24, 2.45) is 0 Å². The largest absolute Gasteiger partial charge is 0.481 e. The lowest BCUT2D eigenvalue weighted by Crippen LogP contribution is -2.12. The summed E-state index contributed by atoms with van der Waals surface area (Å²) in [5.74, 6) is -1.39. The molecule has 1 aromatic carbocycles. The number of allylic oxidation sites excluding steroid dienone is 2. The van der Waals surface area contributed by atoms with Crippen LogP contribution < -0.4 is 5.63 Å². The Bertz CT molecular complexity index is 909. The standard InChI is InChI=1S/C28H40O4/c1-3-4-5-6-7-8-9-10-11-12-13-14-15-16-17-25(28(30)31)23-18-19-24-22(2)20-27(29)32-26(24)21-23/h10-11,18-21,25H,3-9,12-17H2,1-2H3,(H,30,31). The van der Waals surface area contributed by atoms with Gasteiger partial charge < -0.3 is 9.52 Å². The molecule has 0 aliphatic rings. The fourth-order valence-corrected chi connectivity index (χ4v) is 4.23. The summed E-state index contributed by atoms with van der Waals surface area (Å²) in [5, 5.41) is 10.6. The molecule has 0 saturated carbocycles. The molecule has 2 aromatic rings. The highest BCUT2D eigenvalue weighted by Gasteiger charge is 2.20. The van der Waals surface area contributed by atoms with Crippen molar-refractivity contribution in [1.82, 2.24) is 0 Å². The molecule has 0 bridgehead atoms. The molecule has 1 atom stereocenters. The summed E-state index contributed by atoms with van der Waals surface area (Å²) in [7, 11) is 0. The normalized spacial score (nSPS) is 12.6. The Labute approximate surface area is 192 Å². The minimum Gasteiger partial charge on any atom is -0.481 e. The summed E-state index contributed by atoms with van der Waals surface area (Å²) in [6, 6.07) is 6.89. The van der Waals surface area contributed by atoms with E-state index in [2.05, 4.69) is 19.1 Å². The van der Waals surface area contributed by atoms with Crippen LogP contribution in [0.15, 0.2) is 45.6 Å². The first kappa shape index (κ1) is 25.9. The molecule has 0 aliphatic carbocycles. The Morgan fingerprint density at radius 1 is 0.938 bits per heavy atom. The van der Waals surface area contributed by atoms with Gasteiger partial charge in [0.05, 0.1) is 5.92 Å². The lowest BCUT2D eigenvalue weighted by molar-refractivity contribution is -0.139. The second-order valence-corrected chi connectivity index (χ2v) is 8.91. The molecular formula is C28H40O4. The molecule has 0 saturated heterocycles. The van der Waals surface area contributed by atoms with Gasteiger partial charge >= 0.3 is 11.6 Å². The van der Waals surface area contributed by atoms with Crippen LogP contribution >= 0.6 is 0 Å². The Hall–Kier alpha value is -2.36. The lowest BCUT2D eigenvalue weighted by atomic mass is 9.92. The van der Waals surface area contributed by atoms with Gasteiger partial charge in [0, 0.05) is 11.5 Å². The summed E-state index contributed by atoms with van der Waals surface area (Å²) in [6.45, 7) is 4.11. The first-order valence-corrected chi connectivity index (χ1v) is 12.4. The molecule has 0 radical (unpaired) electrons. The van der Waals surface area contributed by atoms with Crippen LogP contribution in [-0.2, 0) is 4.79 Å². The molecule has 1 N–H and O–H groups in total. The number of unbranched alkanes of at least 4 members (excludes halogenated alkanes) is 10. The van der Waals surface area contributed by atoms with Crippen molar-refractivity contribution >= 4 is 16.9 Å². The van der Waals surface area contributed by atoms with Crippen LogP contribution in [0.4, 0.5) is 0 Å². The van der Waals surface area contributed by atoms with Crippen LogP contribution in [0.1, 0.15) is 107 Å². The molecule has 0 spiro atoms. The maximum Gasteiger partial charge on any atom is 0.336 e. The molecule has 0 aliphatic heterocycles. The zero-order valence-corrected chi connectivity index (χ0v) is 19.9. The number of rotatable bonds is 16. The van der Waals surface area contributed by atoms with E-state index in [0.717, 1.165) is 43.1 Å². The first-order chi connectivity index (χ1) is 15.5. The maximum atomic E-state index is 11.8. The van der Waals surface area contributed by atoms with Crippen LogP contribution in [0.3, 0.4) is 0 Å². The molecule has 0 fully saturated rings. The number of benzene rings is 1. The number of carboxylic acids is 1. The molecule has 1 aromatic heterocycles. The summed E-state index contributed by atoms with van der Waals surface area (Å²) >= 11 is 0. The Morgan fingerprint density at radius 2 is 1.56 bits per heavy atom. The van der Waals surface area contributed by atoms with E-state index in [1.165, 1.54) is 51.0 Å². The monoisotopic (exact) mass is 440 g/mol. The second kappa shape index (κ2) is 14.7. The molecular weight excluding hydrogens is 400 g/mol. The van der Waals surface area contributed by atoms with E-state index in [-0.39, 0.29) is 0 Å². The van der Waals surface area contributed by atoms with Crippen LogP contribution in [0.25, 0.3) is 11.0 Å². The summed E-state index contributed by atoms with van der Waals surface area (Å²) < 4.78 is 5.28. The van der Waals surface area contributed by atoms with Gasteiger partial charge in [-0.3, -0.25) is 4.79 Å². The van der Waals surface area contributed by atoms with Gasteiger partial charge in [-0.1, -0.05) is 82.6 Å². The van der Waals surface area contributed by atoms with E-state index in [4.69, 9.17) is 4.42 Å². The maximum absolute atomic E-state index is 11.8. The third-order valence-corrected chi connectivity index (χ3v) is 6.18. The number of fused-ring (bicyclic) bond motifs is 1. The fraction of sp³-hybridized carbons (Fsp3) is 0.571. The van der Waals surface area contributed by atoms with E-state index in [0.29, 0.717) is 17.6 Å². The predicted octanol–water partition coefficient (Wildman–Crippen LogP) is 7.92. The molecule has 32 heavy (non-hydrogen) atoms. The topological polar surface area (TPSA) is 67.5 Å². The average molecular weight is 441 g/mol. The smallest absolute Gasteiger partial charge is 0.336 e. The fourth-order valence-electron chi connectivity index (χ4n) is 4.23. The highest BCUT2D eigenvalue weighted by atomic mass is 16.4. The van der Waals surface area contributed by atoms with Crippen molar-refractivity contribution in [1.29, 1.82) is 0 Å². The van der Waals surface area contributed by atoms with Gasteiger partial charge in [-0.05, 0) is 56.2 Å². The molecule has 1 unspecified atom stereocenters. The Balaban J connectivity index is 1.68. The number of carbonyl (C=O) groups is 1. The number of carboxylic acid groups (broad SMARTS) is 1. The predicted molar refractivity (Wildman–Crippen MR) is 132 cm³/mol. The Kier molecular flexibility index (Phi) is 11.9. The number of aryl methyl sites for hydroxylation is 1. The number of aliphatic carboxylic acids is 1. The van der Waals surface area contributed by atoms with Crippen LogP contribution in [0, 0.1) is 6.92 Å². The zero-order chi connectivity index (χ0) is 23.2. The molecule has 4 heteroatoms. The molecule has 0 amide bonds. The quantitative estimate of drug-likeness (QED) is 0.163. The van der Waals surface area contributed by atoms with Crippen molar-refractivity contribution in [2.45, 2.75) is 103 Å². The summed E-state index contributed by atoms with van der Waals surface area (Å²) in [5.41, 5.74) is 1.61. The summed E-state index contributed by atoms with van der Waals surface area (Å²) in [4.78, 5) is 23.5. The summed E-state index contributed by atoms with van der Waals surface area (Å²) in [6.07, 6.45) is 19.8. The lowest BCUT2D eigenvalue weighted by Gasteiger charge is -2.13. The first-order valence-electron chi connectivity index (χ1n) is 12.4. The van der Waals surface area contributed by atoms with E-state index in [1.54, 1.807) is 6.07 Å². The molecule has 1 heterocycles. The van der Waals surface area contributed by atoms with Crippen molar-refractivity contribution in [3.8, 4) is 0 Å². The van der Waals surface area contributed by atoms with Gasteiger partial charge in [0.15, 0.2) is 0 Å². The van der Waals surface area contributed by atoms with Crippen molar-refractivity contribution < 1.29 is 14.3 Å². The van der Waals surface area contributed by atoms with Gasteiger partial charge in [0.25, 0.3) is 0 Å². The average Bonchev–Trinajstić information content (AvgIpc) is 2.75. The van der Waals surface area contributed by atoms with Gasteiger partial charge in [-0.25, -0.2) is 4.79 Å². The highest BCUT2D eigenvalue weighted by Crippen LogP contribution is 2.27. The van der Waals surface area contributed by atoms with Gasteiger partial charge in [0.1, 0.15) is 5.58 Å². The van der Waals surface area contributed by atoms with Crippen LogP contribution in [0.5, 0.6) is 0 Å². The van der Waals surface area contributed by atoms with Crippen molar-refractivity contribution in [2.75, 3.05) is 0 Å². The minimum atomic E-state index is -0.822. The zero-order valence-electron chi connectivity index (χ0n) is 19.9. The minimum absolute atomic E-state index is 0.403. The molecule has 4 nitrogen and oxygen atoms in total. The third-order valence-electron chi connectivity index (χ3n) is 6.18. The van der Waals surface area contributed by atoms with E-state index >= 15 is 0 Å². The van der Waals surface area contributed by atoms with E-state index in [9.17, 15) is 14.7 Å². The Morgan fingerprint density at radius 3 is 2.22 bits per heavy atom. The molecule has 2 rings (SSSR count). The van der Waals surface area contributed by atoms with Gasteiger partial charge in [-0.15, -0.1) is 0 Å². The van der Waals surface area contributed by atoms with Gasteiger partial charge in [0.2, 0.25) is 0 Å².